The van der Waals surface area contributed by atoms with Crippen LogP contribution in [-0.4, -0.2) is 26.5 Å². The first-order valence-corrected chi connectivity index (χ1v) is 14.0. The van der Waals surface area contributed by atoms with E-state index >= 15 is 0 Å². The Bertz CT molecular complexity index is 1460. The normalized spacial score (nSPS) is 20.6. The fourth-order valence-corrected chi connectivity index (χ4v) is 6.41. The zero-order chi connectivity index (χ0) is 26.3. The highest BCUT2D eigenvalue weighted by atomic mass is 32.2. The van der Waals surface area contributed by atoms with Crippen molar-refractivity contribution in [1.29, 1.82) is 0 Å². The number of carbonyl (C=O) groups is 2. The smallest absolute Gasteiger partial charge is 0.261 e. The third-order valence-electron chi connectivity index (χ3n) is 7.28. The summed E-state index contributed by atoms with van der Waals surface area (Å²) in [5.41, 5.74) is 4.42. The molecule has 2 aliphatic rings. The lowest BCUT2D eigenvalue weighted by Gasteiger charge is -2.37. The monoisotopic (exact) mass is 517 g/mol. The highest BCUT2D eigenvalue weighted by molar-refractivity contribution is 7.92. The van der Waals surface area contributed by atoms with Gasteiger partial charge < -0.3 is 10.6 Å². The summed E-state index contributed by atoms with van der Waals surface area (Å²) in [7, 11) is -3.85. The van der Waals surface area contributed by atoms with Crippen LogP contribution in [-0.2, 0) is 10.0 Å². The molecule has 3 aromatic rings. The van der Waals surface area contributed by atoms with Crippen LogP contribution in [0.15, 0.2) is 71.6 Å². The van der Waals surface area contributed by atoms with Gasteiger partial charge in [-0.05, 0) is 61.3 Å². The van der Waals surface area contributed by atoms with Gasteiger partial charge in [-0.15, -0.1) is 0 Å². The van der Waals surface area contributed by atoms with E-state index < -0.39 is 10.0 Å². The van der Waals surface area contributed by atoms with E-state index in [2.05, 4.69) is 15.4 Å². The number of hydrogen-bond donors (Lipinski definition) is 3. The first kappa shape index (κ1) is 25.2. The van der Waals surface area contributed by atoms with Crippen molar-refractivity contribution in [3.05, 3.63) is 89.0 Å². The van der Waals surface area contributed by atoms with Gasteiger partial charge in [-0.2, -0.15) is 0 Å². The number of anilines is 2. The molecule has 2 aliphatic heterocycles. The first-order chi connectivity index (χ1) is 17.6. The lowest BCUT2D eigenvalue weighted by Crippen LogP contribution is -2.32. The minimum absolute atomic E-state index is 0.00872. The van der Waals surface area contributed by atoms with Gasteiger partial charge in [0.2, 0.25) is 0 Å². The molecule has 0 aromatic heterocycles. The summed E-state index contributed by atoms with van der Waals surface area (Å²) in [6, 6.07) is 19.5. The van der Waals surface area contributed by atoms with E-state index in [1.165, 1.54) is 6.92 Å². The topological polar surface area (TPSA) is 104 Å². The van der Waals surface area contributed by atoms with Crippen LogP contribution < -0.4 is 15.4 Å². The molecule has 0 amide bonds. The van der Waals surface area contributed by atoms with E-state index in [1.54, 1.807) is 36.4 Å². The van der Waals surface area contributed by atoms with Crippen molar-refractivity contribution in [2.45, 2.75) is 44.2 Å². The summed E-state index contributed by atoms with van der Waals surface area (Å²) in [6.45, 7) is 6.08. The van der Waals surface area contributed by atoms with Crippen LogP contribution in [0, 0.1) is 11.8 Å². The number of nitrogens with one attached hydrogen (secondary N) is 3. The Morgan fingerprint density at radius 1 is 0.946 bits per heavy atom. The molecule has 1 saturated heterocycles. The van der Waals surface area contributed by atoms with Crippen molar-refractivity contribution >= 4 is 33.0 Å². The molecule has 2 heterocycles. The Morgan fingerprint density at radius 2 is 1.70 bits per heavy atom. The molecule has 0 saturated carbocycles. The molecule has 3 atom stereocenters. The minimum atomic E-state index is -3.85. The van der Waals surface area contributed by atoms with E-state index in [1.807, 2.05) is 44.2 Å². The Morgan fingerprint density at radius 3 is 2.41 bits per heavy atom. The van der Waals surface area contributed by atoms with E-state index in [0.717, 1.165) is 29.8 Å². The summed E-state index contributed by atoms with van der Waals surface area (Å²) in [5.74, 6) is 0.184. The number of hydrogen-bond acceptors (Lipinski definition) is 6. The van der Waals surface area contributed by atoms with Crippen molar-refractivity contribution in [2.24, 2.45) is 11.8 Å². The number of carbonyl (C=O) groups excluding carboxylic acids is 2. The highest BCUT2D eigenvalue weighted by Gasteiger charge is 2.40. The van der Waals surface area contributed by atoms with Gasteiger partial charge in [0, 0.05) is 40.4 Å². The van der Waals surface area contributed by atoms with E-state index in [0.29, 0.717) is 16.8 Å². The summed E-state index contributed by atoms with van der Waals surface area (Å²) in [4.78, 5) is 24.2. The van der Waals surface area contributed by atoms with E-state index in [9.17, 15) is 18.0 Å². The molecular formula is C29H31N3O4S. The Labute approximate surface area is 217 Å². The number of rotatable bonds is 7. The Hall–Kier alpha value is -3.49. The summed E-state index contributed by atoms with van der Waals surface area (Å²) < 4.78 is 29.0. The second-order valence-corrected chi connectivity index (χ2v) is 11.8. The number of fused-ring (bicyclic) bond motifs is 3. The van der Waals surface area contributed by atoms with E-state index in [4.69, 9.17) is 0 Å². The van der Waals surface area contributed by atoms with Crippen molar-refractivity contribution in [3.63, 3.8) is 0 Å². The highest BCUT2D eigenvalue weighted by Crippen LogP contribution is 2.47. The summed E-state index contributed by atoms with van der Waals surface area (Å²) in [5, 5.41) is 7.19. The van der Waals surface area contributed by atoms with Crippen LogP contribution in [0.3, 0.4) is 0 Å². The maximum atomic E-state index is 13.2. The third-order valence-corrected chi connectivity index (χ3v) is 8.66. The maximum Gasteiger partial charge on any atom is 0.261 e. The molecule has 0 bridgehead atoms. The molecule has 0 spiro atoms. The van der Waals surface area contributed by atoms with Gasteiger partial charge in [0.05, 0.1) is 10.9 Å². The second-order valence-electron chi connectivity index (χ2n) is 10.1. The quantitative estimate of drug-likeness (QED) is 0.365. The van der Waals surface area contributed by atoms with Crippen LogP contribution in [0.4, 0.5) is 11.4 Å². The zero-order valence-electron chi connectivity index (χ0n) is 21.1. The maximum absolute atomic E-state index is 13.2. The van der Waals surface area contributed by atoms with Crippen molar-refractivity contribution in [2.75, 3.05) is 16.6 Å². The van der Waals surface area contributed by atoms with Crippen LogP contribution in [0.2, 0.25) is 0 Å². The Kier molecular flexibility index (Phi) is 6.64. The second kappa shape index (κ2) is 9.76. The first-order valence-electron chi connectivity index (χ1n) is 12.6. The van der Waals surface area contributed by atoms with Crippen molar-refractivity contribution < 1.29 is 18.0 Å². The molecule has 1 fully saturated rings. The number of sulfonamides is 1. The van der Waals surface area contributed by atoms with Gasteiger partial charge in [-0.25, -0.2) is 8.42 Å². The average Bonchev–Trinajstić information content (AvgIpc) is 3.38. The molecule has 0 aliphatic carbocycles. The van der Waals surface area contributed by atoms with Crippen LogP contribution in [0.1, 0.15) is 71.1 Å². The number of Topliss-reactive ketones (excluding diaryl/α,β-unsaturated/α-hetero) is 2. The molecular weight excluding hydrogens is 486 g/mol. The molecule has 3 aromatic carbocycles. The van der Waals surface area contributed by atoms with Crippen LogP contribution in [0.25, 0.3) is 0 Å². The summed E-state index contributed by atoms with van der Waals surface area (Å²) >= 11 is 0. The van der Waals surface area contributed by atoms with Crippen LogP contribution >= 0.6 is 0 Å². The summed E-state index contributed by atoms with van der Waals surface area (Å²) in [6.07, 6.45) is 0.946. The SMILES string of the molecule is CC(=O)c1cccc(NS(=O)(=O)c2ccc3c(c2)C2NCCC2[C@H](c2ccc(C(=O)C(C)C)cc2)N3)c1. The molecule has 3 N–H and O–H groups in total. The third kappa shape index (κ3) is 4.91. The number of ketones is 2. The molecule has 8 heteroatoms. The Balaban J connectivity index is 1.42. The molecule has 0 radical (unpaired) electrons. The lowest BCUT2D eigenvalue weighted by atomic mass is 9.80. The molecule has 192 valence electrons. The predicted molar refractivity (Wildman–Crippen MR) is 145 cm³/mol. The molecule has 5 rings (SSSR count). The van der Waals surface area contributed by atoms with Gasteiger partial charge in [-0.3, -0.25) is 14.3 Å². The van der Waals surface area contributed by atoms with Gasteiger partial charge in [0.15, 0.2) is 11.6 Å². The number of benzene rings is 3. The largest absolute Gasteiger partial charge is 0.378 e. The average molecular weight is 518 g/mol. The fraction of sp³-hybridized carbons (Fsp3) is 0.310. The zero-order valence-corrected chi connectivity index (χ0v) is 21.9. The van der Waals surface area contributed by atoms with Gasteiger partial charge in [-0.1, -0.05) is 50.2 Å². The minimum Gasteiger partial charge on any atom is -0.378 e. The van der Waals surface area contributed by atoms with Gasteiger partial charge >= 0.3 is 0 Å². The van der Waals surface area contributed by atoms with Gasteiger partial charge in [0.25, 0.3) is 10.0 Å². The van der Waals surface area contributed by atoms with Gasteiger partial charge in [0.1, 0.15) is 0 Å². The van der Waals surface area contributed by atoms with E-state index in [-0.39, 0.29) is 40.4 Å². The lowest BCUT2D eigenvalue weighted by molar-refractivity contribution is 0.0938. The van der Waals surface area contributed by atoms with Crippen molar-refractivity contribution in [3.8, 4) is 0 Å². The van der Waals surface area contributed by atoms with Crippen molar-refractivity contribution in [1.82, 2.24) is 5.32 Å². The molecule has 7 nitrogen and oxygen atoms in total. The fourth-order valence-electron chi connectivity index (χ4n) is 5.33. The molecule has 2 unspecified atom stereocenters. The standard InChI is InChI=1S/C29H31N3O4S/c1-17(2)29(34)20-9-7-19(8-10-20)27-24-13-14-30-28(24)25-16-23(11-12-26(25)31-27)37(35,36)32-22-6-4-5-21(15-22)18(3)33/h4-12,15-17,24,27-28,30-32H,13-14H2,1-3H3/t24?,27-,28?/m0/s1. The van der Waals surface area contributed by atoms with Crippen LogP contribution in [0.5, 0.6) is 0 Å². The predicted octanol–water partition coefficient (Wildman–Crippen LogP) is 5.35. The molecule has 37 heavy (non-hydrogen) atoms.